The molecule has 19 heavy (non-hydrogen) atoms. The van der Waals surface area contributed by atoms with Crippen LogP contribution in [-0.2, 0) is 6.54 Å². The Labute approximate surface area is 122 Å². The van der Waals surface area contributed by atoms with Crippen molar-refractivity contribution in [3.8, 4) is 0 Å². The Kier molecular flexibility index (Phi) is 4.18. The van der Waals surface area contributed by atoms with Gasteiger partial charge in [0.05, 0.1) is 11.4 Å². The number of rotatable bonds is 3. The third kappa shape index (κ3) is 3.12. The highest BCUT2D eigenvalue weighted by atomic mass is 79.9. The SMILES string of the molecule is Cc1cc(Br)cn(Cc2ccc(C(=O)NN)s2)c1=O. The van der Waals surface area contributed by atoms with E-state index >= 15 is 0 Å². The molecule has 2 heterocycles. The molecule has 100 valence electrons. The number of amides is 1. The Morgan fingerprint density at radius 3 is 2.95 bits per heavy atom. The molecule has 0 radical (unpaired) electrons. The van der Waals surface area contributed by atoms with Crippen LogP contribution in [0.1, 0.15) is 20.1 Å². The first-order valence-electron chi connectivity index (χ1n) is 5.47. The lowest BCUT2D eigenvalue weighted by molar-refractivity contribution is 0.0957. The molecule has 2 aromatic heterocycles. The van der Waals surface area contributed by atoms with Crippen LogP contribution in [0.3, 0.4) is 0 Å². The van der Waals surface area contributed by atoms with Gasteiger partial charge in [0.15, 0.2) is 0 Å². The lowest BCUT2D eigenvalue weighted by Gasteiger charge is -2.06. The zero-order valence-corrected chi connectivity index (χ0v) is 12.5. The van der Waals surface area contributed by atoms with Gasteiger partial charge in [0.25, 0.3) is 11.5 Å². The van der Waals surface area contributed by atoms with Gasteiger partial charge in [0, 0.05) is 21.1 Å². The summed E-state index contributed by atoms with van der Waals surface area (Å²) in [6.07, 6.45) is 1.73. The molecule has 2 rings (SSSR count). The molecule has 1 amide bonds. The molecule has 0 saturated carbocycles. The lowest BCUT2D eigenvalue weighted by Crippen LogP contribution is -2.29. The second kappa shape index (κ2) is 5.68. The van der Waals surface area contributed by atoms with E-state index in [0.717, 1.165) is 9.35 Å². The van der Waals surface area contributed by atoms with Crippen molar-refractivity contribution in [2.24, 2.45) is 5.84 Å². The van der Waals surface area contributed by atoms with Gasteiger partial charge in [-0.05, 0) is 41.1 Å². The summed E-state index contributed by atoms with van der Waals surface area (Å²) in [5.41, 5.74) is 2.72. The lowest BCUT2D eigenvalue weighted by atomic mass is 10.3. The van der Waals surface area contributed by atoms with Crippen LogP contribution in [0, 0.1) is 6.92 Å². The Bertz CT molecular complexity index is 678. The van der Waals surface area contributed by atoms with Gasteiger partial charge in [-0.1, -0.05) is 0 Å². The monoisotopic (exact) mass is 341 g/mol. The summed E-state index contributed by atoms with van der Waals surface area (Å²) in [4.78, 5) is 24.8. The first-order chi connectivity index (χ1) is 9.01. The van der Waals surface area contributed by atoms with E-state index < -0.39 is 0 Å². The topological polar surface area (TPSA) is 77.1 Å². The summed E-state index contributed by atoms with van der Waals surface area (Å²) in [5, 5.41) is 0. The number of carbonyl (C=O) groups excluding carboxylic acids is 1. The van der Waals surface area contributed by atoms with Gasteiger partial charge in [-0.3, -0.25) is 15.0 Å². The Hall–Kier alpha value is -1.44. The van der Waals surface area contributed by atoms with Crippen molar-refractivity contribution in [3.63, 3.8) is 0 Å². The molecule has 0 unspecified atom stereocenters. The number of hydrogen-bond donors (Lipinski definition) is 2. The molecule has 0 aliphatic carbocycles. The van der Waals surface area contributed by atoms with Crippen LogP contribution >= 0.6 is 27.3 Å². The maximum Gasteiger partial charge on any atom is 0.275 e. The van der Waals surface area contributed by atoms with Crippen molar-refractivity contribution >= 4 is 33.2 Å². The smallest absolute Gasteiger partial charge is 0.275 e. The molecule has 7 heteroatoms. The first kappa shape index (κ1) is 14.0. The number of nitrogens with zero attached hydrogens (tertiary/aromatic N) is 1. The fourth-order valence-electron chi connectivity index (χ4n) is 1.68. The van der Waals surface area contributed by atoms with E-state index in [0.29, 0.717) is 17.0 Å². The molecule has 2 aromatic rings. The highest BCUT2D eigenvalue weighted by Gasteiger charge is 2.09. The predicted octanol–water partition coefficient (Wildman–Crippen LogP) is 1.63. The average molecular weight is 342 g/mol. The van der Waals surface area contributed by atoms with Gasteiger partial charge in [-0.25, -0.2) is 5.84 Å². The second-order valence-corrected chi connectivity index (χ2v) is 6.10. The molecule has 0 aliphatic heterocycles. The van der Waals surface area contributed by atoms with Gasteiger partial charge in [-0.2, -0.15) is 0 Å². The number of hydrazine groups is 1. The van der Waals surface area contributed by atoms with Crippen molar-refractivity contribution in [2.45, 2.75) is 13.5 Å². The average Bonchev–Trinajstić information content (AvgIpc) is 2.83. The van der Waals surface area contributed by atoms with Gasteiger partial charge in [0.1, 0.15) is 0 Å². The summed E-state index contributed by atoms with van der Waals surface area (Å²) < 4.78 is 2.45. The number of thiophene rings is 1. The summed E-state index contributed by atoms with van der Waals surface area (Å²) in [5.74, 6) is 4.75. The summed E-state index contributed by atoms with van der Waals surface area (Å²) in [7, 11) is 0. The number of pyridine rings is 1. The van der Waals surface area contributed by atoms with E-state index in [4.69, 9.17) is 5.84 Å². The fraction of sp³-hybridized carbons (Fsp3) is 0.167. The summed E-state index contributed by atoms with van der Waals surface area (Å²) in [6, 6.07) is 5.29. The number of nitrogen functional groups attached to an aromatic ring is 1. The van der Waals surface area contributed by atoms with Crippen molar-refractivity contribution in [3.05, 3.63) is 54.5 Å². The minimum Gasteiger partial charge on any atom is -0.309 e. The molecule has 0 atom stereocenters. The number of nitrogens with one attached hydrogen (secondary N) is 1. The van der Waals surface area contributed by atoms with E-state index in [2.05, 4.69) is 21.4 Å². The number of aryl methyl sites for hydroxylation is 1. The van der Waals surface area contributed by atoms with Crippen LogP contribution in [0.15, 0.2) is 33.7 Å². The van der Waals surface area contributed by atoms with Crippen LogP contribution in [0.5, 0.6) is 0 Å². The van der Waals surface area contributed by atoms with E-state index in [1.807, 2.05) is 6.07 Å². The van der Waals surface area contributed by atoms with E-state index in [-0.39, 0.29) is 11.5 Å². The first-order valence-corrected chi connectivity index (χ1v) is 7.08. The Balaban J connectivity index is 2.29. The number of carbonyl (C=O) groups is 1. The van der Waals surface area contributed by atoms with Crippen molar-refractivity contribution < 1.29 is 4.79 Å². The molecule has 0 aromatic carbocycles. The van der Waals surface area contributed by atoms with Crippen LogP contribution < -0.4 is 16.8 Å². The molecular formula is C12H12BrN3O2S. The third-order valence-electron chi connectivity index (χ3n) is 2.57. The van der Waals surface area contributed by atoms with Gasteiger partial charge >= 0.3 is 0 Å². The van der Waals surface area contributed by atoms with Gasteiger partial charge in [0.2, 0.25) is 0 Å². The third-order valence-corrected chi connectivity index (χ3v) is 4.08. The molecule has 0 fully saturated rings. The Morgan fingerprint density at radius 2 is 2.26 bits per heavy atom. The molecule has 5 nitrogen and oxygen atoms in total. The number of hydrogen-bond acceptors (Lipinski definition) is 4. The largest absolute Gasteiger partial charge is 0.309 e. The van der Waals surface area contributed by atoms with Crippen LogP contribution in [0.4, 0.5) is 0 Å². The number of nitrogens with two attached hydrogens (primary N) is 1. The maximum absolute atomic E-state index is 12.0. The molecule has 3 N–H and O–H groups in total. The number of halogens is 1. The van der Waals surface area contributed by atoms with E-state index in [1.165, 1.54) is 11.3 Å². The standard InChI is InChI=1S/C12H12BrN3O2S/c1-7-4-8(13)5-16(12(7)18)6-9-2-3-10(19-9)11(17)15-14/h2-5H,6,14H2,1H3,(H,15,17). The second-order valence-electron chi connectivity index (χ2n) is 4.01. The minimum absolute atomic E-state index is 0.0403. The molecule has 0 saturated heterocycles. The van der Waals surface area contributed by atoms with Crippen molar-refractivity contribution in [1.82, 2.24) is 9.99 Å². The predicted molar refractivity (Wildman–Crippen MR) is 78.2 cm³/mol. The normalized spacial score (nSPS) is 10.5. The maximum atomic E-state index is 12.0. The van der Waals surface area contributed by atoms with Crippen molar-refractivity contribution in [1.29, 1.82) is 0 Å². The quantitative estimate of drug-likeness (QED) is 0.506. The molecule has 0 aliphatic rings. The zero-order valence-electron chi connectivity index (χ0n) is 10.1. The summed E-state index contributed by atoms with van der Waals surface area (Å²) in [6.45, 7) is 2.20. The van der Waals surface area contributed by atoms with Crippen LogP contribution in [-0.4, -0.2) is 10.5 Å². The van der Waals surface area contributed by atoms with Crippen LogP contribution in [0.25, 0.3) is 0 Å². The minimum atomic E-state index is -0.325. The van der Waals surface area contributed by atoms with E-state index in [1.54, 1.807) is 29.8 Å². The highest BCUT2D eigenvalue weighted by Crippen LogP contribution is 2.18. The van der Waals surface area contributed by atoms with Gasteiger partial charge in [-0.15, -0.1) is 11.3 Å². The van der Waals surface area contributed by atoms with E-state index in [9.17, 15) is 9.59 Å². The fourth-order valence-corrected chi connectivity index (χ4v) is 3.18. The Morgan fingerprint density at radius 1 is 1.53 bits per heavy atom. The highest BCUT2D eigenvalue weighted by molar-refractivity contribution is 9.10. The molecule has 0 bridgehead atoms. The number of aromatic nitrogens is 1. The zero-order chi connectivity index (χ0) is 14.0. The van der Waals surface area contributed by atoms with Crippen molar-refractivity contribution in [2.75, 3.05) is 0 Å². The molecular weight excluding hydrogens is 330 g/mol. The van der Waals surface area contributed by atoms with Gasteiger partial charge < -0.3 is 4.57 Å². The molecule has 0 spiro atoms. The summed E-state index contributed by atoms with van der Waals surface area (Å²) >= 11 is 4.68. The van der Waals surface area contributed by atoms with Crippen LogP contribution in [0.2, 0.25) is 0 Å².